The molecule has 2 amide bonds. The predicted molar refractivity (Wildman–Crippen MR) is 108 cm³/mol. The van der Waals surface area contributed by atoms with E-state index < -0.39 is 0 Å². The van der Waals surface area contributed by atoms with Crippen molar-refractivity contribution < 1.29 is 9.59 Å². The Balaban J connectivity index is 1.80. The van der Waals surface area contributed by atoms with Crippen molar-refractivity contribution in [2.24, 2.45) is 11.7 Å². The number of nitrogens with two attached hydrogens (primary N) is 1. The van der Waals surface area contributed by atoms with Crippen LogP contribution in [0, 0.1) is 5.92 Å². The number of carbonyl (C=O) groups is 2. The molecule has 5 heteroatoms. The SMILES string of the molecule is CC1CCN(C(=O)c2cccc(C(=O)N(C)c3ccccc3)c2)C(CN)C1. The van der Waals surface area contributed by atoms with Crippen molar-refractivity contribution >= 4 is 17.5 Å². The molecule has 1 aliphatic heterocycles. The second-order valence-electron chi connectivity index (χ2n) is 7.30. The van der Waals surface area contributed by atoms with Gasteiger partial charge in [-0.15, -0.1) is 0 Å². The molecule has 2 unspecified atom stereocenters. The van der Waals surface area contributed by atoms with Gasteiger partial charge in [0.1, 0.15) is 0 Å². The van der Waals surface area contributed by atoms with Crippen LogP contribution in [0.3, 0.4) is 0 Å². The van der Waals surface area contributed by atoms with E-state index in [4.69, 9.17) is 5.73 Å². The normalized spacial score (nSPS) is 19.6. The highest BCUT2D eigenvalue weighted by Crippen LogP contribution is 2.24. The lowest BCUT2D eigenvalue weighted by atomic mass is 9.91. The molecule has 2 atom stereocenters. The third-order valence-corrected chi connectivity index (χ3v) is 5.32. The van der Waals surface area contributed by atoms with E-state index in [1.807, 2.05) is 35.2 Å². The van der Waals surface area contributed by atoms with E-state index >= 15 is 0 Å². The lowest BCUT2D eigenvalue weighted by Crippen LogP contribution is -2.49. The van der Waals surface area contributed by atoms with Crippen LogP contribution in [0.25, 0.3) is 0 Å². The van der Waals surface area contributed by atoms with Crippen LogP contribution in [0.4, 0.5) is 5.69 Å². The van der Waals surface area contributed by atoms with E-state index in [-0.39, 0.29) is 17.9 Å². The largest absolute Gasteiger partial charge is 0.334 e. The summed E-state index contributed by atoms with van der Waals surface area (Å²) >= 11 is 0. The number of rotatable bonds is 4. The van der Waals surface area contributed by atoms with Crippen LogP contribution in [-0.2, 0) is 0 Å². The molecule has 0 radical (unpaired) electrons. The molecule has 1 saturated heterocycles. The Morgan fingerprint density at radius 2 is 1.81 bits per heavy atom. The molecule has 1 heterocycles. The summed E-state index contributed by atoms with van der Waals surface area (Å²) in [5.41, 5.74) is 7.75. The molecular formula is C22H27N3O2. The van der Waals surface area contributed by atoms with E-state index in [1.165, 1.54) is 0 Å². The first-order chi connectivity index (χ1) is 13.0. The first kappa shape index (κ1) is 19.1. The van der Waals surface area contributed by atoms with Crippen molar-refractivity contribution in [3.8, 4) is 0 Å². The fourth-order valence-corrected chi connectivity index (χ4v) is 3.66. The van der Waals surface area contributed by atoms with Gasteiger partial charge in [-0.05, 0) is 49.1 Å². The smallest absolute Gasteiger partial charge is 0.258 e. The quantitative estimate of drug-likeness (QED) is 0.905. The molecule has 0 aromatic heterocycles. The molecule has 0 bridgehead atoms. The van der Waals surface area contributed by atoms with Crippen LogP contribution in [0.2, 0.25) is 0 Å². The summed E-state index contributed by atoms with van der Waals surface area (Å²) in [6.07, 6.45) is 1.91. The van der Waals surface area contributed by atoms with Gasteiger partial charge in [0.15, 0.2) is 0 Å². The summed E-state index contributed by atoms with van der Waals surface area (Å²) < 4.78 is 0. The average molecular weight is 365 g/mol. The van der Waals surface area contributed by atoms with E-state index in [1.54, 1.807) is 36.2 Å². The second kappa shape index (κ2) is 8.35. The van der Waals surface area contributed by atoms with Gasteiger partial charge in [-0.1, -0.05) is 31.2 Å². The van der Waals surface area contributed by atoms with Gasteiger partial charge in [0.05, 0.1) is 0 Å². The van der Waals surface area contributed by atoms with Crippen LogP contribution in [0.1, 0.15) is 40.5 Å². The molecular weight excluding hydrogens is 338 g/mol. The summed E-state index contributed by atoms with van der Waals surface area (Å²) in [5, 5.41) is 0. The van der Waals surface area contributed by atoms with Crippen LogP contribution >= 0.6 is 0 Å². The number of carbonyl (C=O) groups excluding carboxylic acids is 2. The molecule has 1 aliphatic rings. The summed E-state index contributed by atoms with van der Waals surface area (Å²) in [6, 6.07) is 16.5. The van der Waals surface area contributed by atoms with Crippen molar-refractivity contribution in [3.05, 3.63) is 65.7 Å². The zero-order chi connectivity index (χ0) is 19.4. The average Bonchev–Trinajstić information content (AvgIpc) is 2.72. The fourth-order valence-electron chi connectivity index (χ4n) is 3.66. The van der Waals surface area contributed by atoms with E-state index in [9.17, 15) is 9.59 Å². The first-order valence-electron chi connectivity index (χ1n) is 9.45. The fraction of sp³-hybridized carbons (Fsp3) is 0.364. The van der Waals surface area contributed by atoms with Gasteiger partial charge in [-0.3, -0.25) is 9.59 Å². The Bertz CT molecular complexity index is 806. The van der Waals surface area contributed by atoms with Gasteiger partial charge >= 0.3 is 0 Å². The second-order valence-corrected chi connectivity index (χ2v) is 7.30. The molecule has 2 aromatic rings. The molecule has 5 nitrogen and oxygen atoms in total. The molecule has 1 fully saturated rings. The maximum absolute atomic E-state index is 13.0. The van der Waals surface area contributed by atoms with Gasteiger partial charge in [0.25, 0.3) is 11.8 Å². The number of likely N-dealkylation sites (tertiary alicyclic amines) is 1. The van der Waals surface area contributed by atoms with Crippen molar-refractivity contribution in [2.75, 3.05) is 25.0 Å². The minimum atomic E-state index is -0.140. The molecule has 2 N–H and O–H groups in total. The third kappa shape index (κ3) is 4.19. The molecule has 3 rings (SSSR count). The lowest BCUT2D eigenvalue weighted by Gasteiger charge is -2.38. The predicted octanol–water partition coefficient (Wildman–Crippen LogP) is 3.16. The highest BCUT2D eigenvalue weighted by Gasteiger charge is 2.29. The number of piperidine rings is 1. The number of hydrogen-bond donors (Lipinski definition) is 1. The Morgan fingerprint density at radius 1 is 1.11 bits per heavy atom. The lowest BCUT2D eigenvalue weighted by molar-refractivity contribution is 0.0573. The molecule has 0 aliphatic carbocycles. The number of amides is 2. The Hall–Kier alpha value is -2.66. The maximum Gasteiger partial charge on any atom is 0.258 e. The van der Waals surface area contributed by atoms with Crippen LogP contribution in [0.15, 0.2) is 54.6 Å². The molecule has 142 valence electrons. The number of hydrogen-bond acceptors (Lipinski definition) is 3. The highest BCUT2D eigenvalue weighted by molar-refractivity contribution is 6.07. The molecule has 27 heavy (non-hydrogen) atoms. The minimum Gasteiger partial charge on any atom is -0.334 e. The standard InChI is InChI=1S/C22H27N3O2/c1-16-11-12-25(20(13-16)15-23)22(27)18-8-6-7-17(14-18)21(26)24(2)19-9-4-3-5-10-19/h3-10,14,16,20H,11-13,15,23H2,1-2H3. The number of nitrogens with zero attached hydrogens (tertiary/aromatic N) is 2. The van der Waals surface area contributed by atoms with Crippen LogP contribution in [0.5, 0.6) is 0 Å². The van der Waals surface area contributed by atoms with Gasteiger partial charge in [-0.25, -0.2) is 0 Å². The highest BCUT2D eigenvalue weighted by atomic mass is 16.2. The van der Waals surface area contributed by atoms with Crippen molar-refractivity contribution in [1.29, 1.82) is 0 Å². The topological polar surface area (TPSA) is 66.6 Å². The Kier molecular flexibility index (Phi) is 5.91. The number of anilines is 1. The molecule has 0 spiro atoms. The van der Waals surface area contributed by atoms with E-state index in [0.717, 1.165) is 18.5 Å². The van der Waals surface area contributed by atoms with Gasteiger partial charge in [0.2, 0.25) is 0 Å². The Labute approximate surface area is 160 Å². The monoisotopic (exact) mass is 365 g/mol. The number of benzene rings is 2. The summed E-state index contributed by atoms with van der Waals surface area (Å²) in [4.78, 5) is 29.3. The van der Waals surface area contributed by atoms with Crippen molar-refractivity contribution in [1.82, 2.24) is 4.90 Å². The minimum absolute atomic E-state index is 0.0469. The van der Waals surface area contributed by atoms with Gasteiger partial charge in [0, 0.05) is 43.0 Å². The van der Waals surface area contributed by atoms with E-state index in [2.05, 4.69) is 6.92 Å². The first-order valence-corrected chi connectivity index (χ1v) is 9.45. The zero-order valence-electron chi connectivity index (χ0n) is 16.0. The van der Waals surface area contributed by atoms with Crippen molar-refractivity contribution in [3.63, 3.8) is 0 Å². The third-order valence-electron chi connectivity index (χ3n) is 5.32. The maximum atomic E-state index is 13.0. The zero-order valence-corrected chi connectivity index (χ0v) is 16.0. The Morgan fingerprint density at radius 3 is 2.52 bits per heavy atom. The summed E-state index contributed by atoms with van der Waals surface area (Å²) in [7, 11) is 1.74. The van der Waals surface area contributed by atoms with E-state index in [0.29, 0.717) is 30.1 Å². The summed E-state index contributed by atoms with van der Waals surface area (Å²) in [6.45, 7) is 3.37. The van der Waals surface area contributed by atoms with Crippen LogP contribution in [-0.4, -0.2) is 42.9 Å². The van der Waals surface area contributed by atoms with Crippen LogP contribution < -0.4 is 10.6 Å². The summed E-state index contributed by atoms with van der Waals surface area (Å²) in [5.74, 6) is 0.392. The molecule has 2 aromatic carbocycles. The van der Waals surface area contributed by atoms with Gasteiger partial charge in [-0.2, -0.15) is 0 Å². The van der Waals surface area contributed by atoms with Crippen molar-refractivity contribution in [2.45, 2.75) is 25.8 Å². The van der Waals surface area contributed by atoms with Gasteiger partial charge < -0.3 is 15.5 Å². The molecule has 0 saturated carbocycles. The number of para-hydroxylation sites is 1.